The monoisotopic (exact) mass is 216 g/mol. The fourth-order valence-electron chi connectivity index (χ4n) is 1.65. The number of urea groups is 1. The molecule has 0 radical (unpaired) electrons. The molecule has 70 valence electrons. The van der Waals surface area contributed by atoms with Gasteiger partial charge in [-0.15, -0.1) is 11.3 Å². The van der Waals surface area contributed by atoms with Crippen LogP contribution in [-0.2, 0) is 6.42 Å². The van der Waals surface area contributed by atoms with Gasteiger partial charge in [0.15, 0.2) is 0 Å². The van der Waals surface area contributed by atoms with Gasteiger partial charge in [0, 0.05) is 4.88 Å². The van der Waals surface area contributed by atoms with Crippen molar-refractivity contribution >= 4 is 29.0 Å². The topological polar surface area (TPSA) is 55.1 Å². The van der Waals surface area contributed by atoms with Crippen LogP contribution in [0, 0.1) is 0 Å². The van der Waals surface area contributed by atoms with E-state index in [4.69, 9.17) is 17.3 Å². The quantitative estimate of drug-likeness (QED) is 0.742. The zero-order chi connectivity index (χ0) is 9.42. The van der Waals surface area contributed by atoms with Gasteiger partial charge in [0.2, 0.25) is 0 Å². The molecule has 0 bridgehead atoms. The molecule has 1 atom stereocenters. The summed E-state index contributed by atoms with van der Waals surface area (Å²) < 4.78 is 0.779. The maximum Gasteiger partial charge on any atom is 0.312 e. The van der Waals surface area contributed by atoms with Gasteiger partial charge in [-0.05, 0) is 24.5 Å². The molecule has 1 aromatic heterocycles. The third kappa shape index (κ3) is 1.64. The first-order valence-corrected chi connectivity index (χ1v) is 5.20. The third-order valence-corrected chi connectivity index (χ3v) is 3.50. The Balaban J connectivity index is 2.22. The van der Waals surface area contributed by atoms with Crippen LogP contribution in [0.15, 0.2) is 6.07 Å². The Morgan fingerprint density at radius 1 is 1.77 bits per heavy atom. The summed E-state index contributed by atoms with van der Waals surface area (Å²) in [5, 5.41) is 2.70. The van der Waals surface area contributed by atoms with E-state index >= 15 is 0 Å². The highest BCUT2D eigenvalue weighted by atomic mass is 35.5. The summed E-state index contributed by atoms with van der Waals surface area (Å²) >= 11 is 7.44. The number of aryl methyl sites for hydroxylation is 1. The minimum Gasteiger partial charge on any atom is -0.352 e. The van der Waals surface area contributed by atoms with Crippen LogP contribution < -0.4 is 11.1 Å². The molecule has 0 fully saturated rings. The zero-order valence-corrected chi connectivity index (χ0v) is 8.41. The number of carbonyl (C=O) groups is 1. The normalized spacial score (nSPS) is 19.9. The lowest BCUT2D eigenvalue weighted by Gasteiger charge is -2.09. The van der Waals surface area contributed by atoms with E-state index in [1.807, 2.05) is 6.07 Å². The standard InChI is InChI=1S/C8H9ClN2OS/c9-7-3-4-5(11-8(10)12)1-2-6(4)13-7/h3,5H,1-2H2,(H3,10,11,12). The predicted octanol–water partition coefficient (Wildman–Crippen LogP) is 2.06. The molecule has 1 aromatic rings. The maximum absolute atomic E-state index is 10.7. The van der Waals surface area contributed by atoms with Crippen LogP contribution >= 0.6 is 22.9 Å². The Kier molecular flexibility index (Phi) is 2.17. The van der Waals surface area contributed by atoms with Gasteiger partial charge >= 0.3 is 6.03 Å². The minimum atomic E-state index is -0.472. The number of fused-ring (bicyclic) bond motifs is 1. The maximum atomic E-state index is 10.7. The highest BCUT2D eigenvalue weighted by Crippen LogP contribution is 2.39. The summed E-state index contributed by atoms with van der Waals surface area (Å²) in [5.74, 6) is 0. The van der Waals surface area contributed by atoms with Crippen molar-refractivity contribution in [2.75, 3.05) is 0 Å². The first-order chi connectivity index (χ1) is 6.16. The first kappa shape index (κ1) is 8.84. The minimum absolute atomic E-state index is 0.0660. The molecular formula is C8H9ClN2OS. The van der Waals surface area contributed by atoms with E-state index in [1.54, 1.807) is 11.3 Å². The molecule has 13 heavy (non-hydrogen) atoms. The largest absolute Gasteiger partial charge is 0.352 e. The molecule has 1 aliphatic carbocycles. The molecule has 3 N–H and O–H groups in total. The van der Waals surface area contributed by atoms with Crippen molar-refractivity contribution in [3.05, 3.63) is 20.8 Å². The van der Waals surface area contributed by atoms with Gasteiger partial charge in [-0.1, -0.05) is 11.6 Å². The van der Waals surface area contributed by atoms with Crippen molar-refractivity contribution < 1.29 is 4.79 Å². The Hall–Kier alpha value is -0.740. The molecule has 0 spiro atoms. The smallest absolute Gasteiger partial charge is 0.312 e. The van der Waals surface area contributed by atoms with Gasteiger partial charge < -0.3 is 11.1 Å². The molecule has 1 unspecified atom stereocenters. The van der Waals surface area contributed by atoms with Crippen LogP contribution in [0.1, 0.15) is 22.9 Å². The van der Waals surface area contributed by atoms with Crippen molar-refractivity contribution in [2.24, 2.45) is 5.73 Å². The van der Waals surface area contributed by atoms with Crippen molar-refractivity contribution in [2.45, 2.75) is 18.9 Å². The number of halogens is 1. The van der Waals surface area contributed by atoms with Gasteiger partial charge in [-0.2, -0.15) is 0 Å². The first-order valence-electron chi connectivity index (χ1n) is 4.01. The number of primary amides is 1. The predicted molar refractivity (Wildman–Crippen MR) is 53.1 cm³/mol. The van der Waals surface area contributed by atoms with E-state index in [-0.39, 0.29) is 6.04 Å². The molecule has 0 aromatic carbocycles. The summed E-state index contributed by atoms with van der Waals surface area (Å²) in [7, 11) is 0. The number of nitrogens with one attached hydrogen (secondary N) is 1. The highest BCUT2D eigenvalue weighted by Gasteiger charge is 2.25. The second-order valence-corrected chi connectivity index (χ2v) is 4.80. The van der Waals surface area contributed by atoms with Crippen LogP contribution in [-0.4, -0.2) is 6.03 Å². The lowest BCUT2D eigenvalue weighted by atomic mass is 10.2. The number of hydrogen-bond acceptors (Lipinski definition) is 2. The van der Waals surface area contributed by atoms with Gasteiger partial charge in [0.05, 0.1) is 10.4 Å². The summed E-state index contributed by atoms with van der Waals surface area (Å²) in [5.41, 5.74) is 6.19. The number of nitrogens with two attached hydrogens (primary N) is 1. The van der Waals surface area contributed by atoms with Crippen molar-refractivity contribution in [3.8, 4) is 0 Å². The summed E-state index contributed by atoms with van der Waals surface area (Å²) in [6, 6.07) is 1.51. The van der Waals surface area contributed by atoms with Crippen LogP contribution in [0.5, 0.6) is 0 Å². The fraction of sp³-hybridized carbons (Fsp3) is 0.375. The highest BCUT2D eigenvalue weighted by molar-refractivity contribution is 7.16. The molecule has 3 nitrogen and oxygen atoms in total. The van der Waals surface area contributed by atoms with E-state index in [9.17, 15) is 4.79 Å². The zero-order valence-electron chi connectivity index (χ0n) is 6.84. The lowest BCUT2D eigenvalue weighted by Crippen LogP contribution is -2.31. The number of hydrogen-bond donors (Lipinski definition) is 2. The summed E-state index contributed by atoms with van der Waals surface area (Å²) in [4.78, 5) is 11.9. The Morgan fingerprint density at radius 2 is 2.54 bits per heavy atom. The Labute approximate surface area is 84.9 Å². The van der Waals surface area contributed by atoms with E-state index in [2.05, 4.69) is 5.32 Å². The molecule has 5 heteroatoms. The van der Waals surface area contributed by atoms with Crippen molar-refractivity contribution in [1.29, 1.82) is 0 Å². The SMILES string of the molecule is NC(=O)NC1CCc2sc(Cl)cc21. The number of rotatable bonds is 1. The van der Waals surface area contributed by atoms with E-state index in [0.29, 0.717) is 0 Å². The second kappa shape index (κ2) is 3.20. The van der Waals surface area contributed by atoms with Gasteiger partial charge in [0.25, 0.3) is 0 Å². The van der Waals surface area contributed by atoms with Crippen LogP contribution in [0.3, 0.4) is 0 Å². The van der Waals surface area contributed by atoms with Crippen molar-refractivity contribution in [3.63, 3.8) is 0 Å². The second-order valence-electron chi connectivity index (χ2n) is 3.03. The Morgan fingerprint density at radius 3 is 3.23 bits per heavy atom. The van der Waals surface area contributed by atoms with Crippen molar-refractivity contribution in [1.82, 2.24) is 5.32 Å². The lowest BCUT2D eigenvalue weighted by molar-refractivity contribution is 0.245. The number of amides is 2. The fourth-order valence-corrected chi connectivity index (χ4v) is 3.01. The van der Waals surface area contributed by atoms with Gasteiger partial charge in [-0.3, -0.25) is 0 Å². The number of carbonyl (C=O) groups excluding carboxylic acids is 1. The Bertz CT molecular complexity index is 350. The van der Waals surface area contributed by atoms with E-state index in [0.717, 1.165) is 22.7 Å². The van der Waals surface area contributed by atoms with E-state index < -0.39 is 6.03 Å². The molecular weight excluding hydrogens is 208 g/mol. The molecule has 2 amide bonds. The molecule has 1 aliphatic rings. The molecule has 2 rings (SSSR count). The molecule has 0 saturated heterocycles. The van der Waals surface area contributed by atoms with E-state index in [1.165, 1.54) is 4.88 Å². The average molecular weight is 217 g/mol. The number of thiophene rings is 1. The molecule has 0 saturated carbocycles. The van der Waals surface area contributed by atoms with Gasteiger partial charge in [0.1, 0.15) is 0 Å². The molecule has 0 aliphatic heterocycles. The van der Waals surface area contributed by atoms with Gasteiger partial charge in [-0.25, -0.2) is 4.79 Å². The summed E-state index contributed by atoms with van der Waals surface area (Å²) in [6.07, 6.45) is 1.92. The molecule has 1 heterocycles. The van der Waals surface area contributed by atoms with Crippen LogP contribution in [0.2, 0.25) is 4.34 Å². The third-order valence-electron chi connectivity index (χ3n) is 2.16. The summed E-state index contributed by atoms with van der Waals surface area (Å²) in [6.45, 7) is 0. The van der Waals surface area contributed by atoms with Crippen LogP contribution in [0.25, 0.3) is 0 Å². The van der Waals surface area contributed by atoms with Crippen LogP contribution in [0.4, 0.5) is 4.79 Å². The average Bonchev–Trinajstić information content (AvgIpc) is 2.51.